The lowest BCUT2D eigenvalue weighted by Crippen LogP contribution is -1.95. The Balaban J connectivity index is 2.06. The van der Waals surface area contributed by atoms with Gasteiger partial charge in [-0.25, -0.2) is 0 Å². The number of nitrogens with zero attached hydrogens (tertiary/aromatic N) is 2. The lowest BCUT2D eigenvalue weighted by molar-refractivity contribution is 0.339. The quantitative estimate of drug-likeness (QED) is 0.662. The van der Waals surface area contributed by atoms with Gasteiger partial charge in [0, 0.05) is 34.9 Å². The second-order valence-corrected chi connectivity index (χ2v) is 4.64. The van der Waals surface area contributed by atoms with E-state index in [1.165, 1.54) is 0 Å². The van der Waals surface area contributed by atoms with E-state index in [9.17, 15) is 0 Å². The average Bonchev–Trinajstić information content (AvgIpc) is 2.41. The molecule has 0 saturated heterocycles. The number of hydrogen-bond acceptors (Lipinski definition) is 5. The van der Waals surface area contributed by atoms with Crippen molar-refractivity contribution < 1.29 is 4.74 Å². The van der Waals surface area contributed by atoms with Crippen molar-refractivity contribution in [2.24, 2.45) is 0 Å². The third-order valence-electron chi connectivity index (χ3n) is 2.29. The van der Waals surface area contributed by atoms with Gasteiger partial charge in [0.05, 0.1) is 12.3 Å². The molecule has 2 aromatic rings. The van der Waals surface area contributed by atoms with Gasteiger partial charge in [0.15, 0.2) is 0 Å². The Morgan fingerprint density at radius 3 is 2.94 bits per heavy atom. The van der Waals surface area contributed by atoms with Gasteiger partial charge in [0.1, 0.15) is 5.75 Å². The van der Waals surface area contributed by atoms with Crippen molar-refractivity contribution in [2.45, 2.75) is 17.6 Å². The molecule has 0 radical (unpaired) electrons. The van der Waals surface area contributed by atoms with E-state index in [4.69, 9.17) is 10.5 Å². The Labute approximate surface area is 111 Å². The molecule has 0 bridgehead atoms. The Hall–Kier alpha value is -1.75. The number of nitrogen functional groups attached to an aromatic ring is 1. The fraction of sp³-hybridized carbons (Fsp3) is 0.231. The van der Waals surface area contributed by atoms with Gasteiger partial charge in [-0.1, -0.05) is 0 Å². The van der Waals surface area contributed by atoms with Gasteiger partial charge in [-0.2, -0.15) is 0 Å². The Kier molecular flexibility index (Phi) is 4.41. The van der Waals surface area contributed by atoms with Crippen LogP contribution in [0.3, 0.4) is 0 Å². The number of aromatic nitrogens is 2. The van der Waals surface area contributed by atoms with Crippen molar-refractivity contribution in [1.82, 2.24) is 9.97 Å². The molecule has 1 heterocycles. The molecule has 0 unspecified atom stereocenters. The van der Waals surface area contributed by atoms with Crippen LogP contribution in [-0.4, -0.2) is 16.6 Å². The van der Waals surface area contributed by atoms with Crippen LogP contribution in [0.2, 0.25) is 0 Å². The van der Waals surface area contributed by atoms with Crippen molar-refractivity contribution in [1.29, 1.82) is 0 Å². The molecule has 0 saturated carbocycles. The number of anilines is 1. The molecule has 2 rings (SSSR count). The summed E-state index contributed by atoms with van der Waals surface area (Å²) in [5, 5.41) is 0. The largest absolute Gasteiger partial charge is 0.494 e. The summed E-state index contributed by atoms with van der Waals surface area (Å²) in [5.74, 6) is 1.58. The van der Waals surface area contributed by atoms with E-state index in [1.807, 2.05) is 25.1 Å². The molecule has 1 aromatic heterocycles. The Bertz CT molecular complexity index is 505. The van der Waals surface area contributed by atoms with Crippen molar-refractivity contribution in [3.8, 4) is 5.75 Å². The molecular formula is C13H15N3OS. The first kappa shape index (κ1) is 12.7. The highest BCUT2D eigenvalue weighted by molar-refractivity contribution is 7.98. The third kappa shape index (κ3) is 3.37. The maximum absolute atomic E-state index is 5.94. The summed E-state index contributed by atoms with van der Waals surface area (Å²) in [6, 6.07) is 5.70. The lowest BCUT2D eigenvalue weighted by Gasteiger charge is -2.08. The topological polar surface area (TPSA) is 61.0 Å². The van der Waals surface area contributed by atoms with Crippen molar-refractivity contribution in [2.75, 3.05) is 12.3 Å². The molecular weight excluding hydrogens is 246 g/mol. The second kappa shape index (κ2) is 6.26. The van der Waals surface area contributed by atoms with Crippen LogP contribution in [0, 0.1) is 0 Å². The smallest absolute Gasteiger partial charge is 0.120 e. The Morgan fingerprint density at radius 1 is 1.33 bits per heavy atom. The molecule has 0 atom stereocenters. The van der Waals surface area contributed by atoms with Gasteiger partial charge in [0.25, 0.3) is 0 Å². The molecule has 0 amide bonds. The molecule has 0 aliphatic carbocycles. The summed E-state index contributed by atoms with van der Waals surface area (Å²) < 4.78 is 5.46. The maximum atomic E-state index is 5.94. The van der Waals surface area contributed by atoms with Crippen LogP contribution < -0.4 is 10.5 Å². The van der Waals surface area contributed by atoms with Gasteiger partial charge < -0.3 is 10.5 Å². The van der Waals surface area contributed by atoms with E-state index in [2.05, 4.69) is 9.97 Å². The number of thioether (sulfide) groups is 1. The normalized spacial score (nSPS) is 10.3. The van der Waals surface area contributed by atoms with Crippen molar-refractivity contribution >= 4 is 17.4 Å². The predicted molar refractivity (Wildman–Crippen MR) is 73.6 cm³/mol. The minimum atomic E-state index is 0.651. The van der Waals surface area contributed by atoms with Crippen LogP contribution in [0.1, 0.15) is 12.6 Å². The summed E-state index contributed by atoms with van der Waals surface area (Å²) in [4.78, 5) is 9.27. The number of rotatable bonds is 5. The zero-order chi connectivity index (χ0) is 12.8. The number of benzene rings is 1. The fourth-order valence-corrected chi connectivity index (χ4v) is 2.34. The van der Waals surface area contributed by atoms with Crippen molar-refractivity contribution in [3.05, 3.63) is 42.5 Å². The highest BCUT2D eigenvalue weighted by atomic mass is 32.2. The van der Waals surface area contributed by atoms with Crippen LogP contribution in [0.5, 0.6) is 5.75 Å². The summed E-state index contributed by atoms with van der Waals surface area (Å²) in [7, 11) is 0. The van der Waals surface area contributed by atoms with Crippen molar-refractivity contribution in [3.63, 3.8) is 0 Å². The zero-order valence-corrected chi connectivity index (χ0v) is 11.0. The van der Waals surface area contributed by atoms with Crippen LogP contribution in [0.25, 0.3) is 0 Å². The third-order valence-corrected chi connectivity index (χ3v) is 3.39. The van der Waals surface area contributed by atoms with E-state index in [0.29, 0.717) is 6.61 Å². The van der Waals surface area contributed by atoms with Gasteiger partial charge in [-0.3, -0.25) is 9.97 Å². The van der Waals surface area contributed by atoms with Crippen LogP contribution in [-0.2, 0) is 5.75 Å². The first-order chi connectivity index (χ1) is 8.79. The molecule has 18 heavy (non-hydrogen) atoms. The summed E-state index contributed by atoms with van der Waals surface area (Å²) in [6.07, 6.45) is 5.11. The maximum Gasteiger partial charge on any atom is 0.120 e. The zero-order valence-electron chi connectivity index (χ0n) is 10.2. The van der Waals surface area contributed by atoms with E-state index in [1.54, 1.807) is 30.4 Å². The molecule has 1 aromatic carbocycles. The minimum Gasteiger partial charge on any atom is -0.494 e. The molecule has 2 N–H and O–H groups in total. The van der Waals surface area contributed by atoms with Gasteiger partial charge in [-0.05, 0) is 25.1 Å². The van der Waals surface area contributed by atoms with E-state index in [0.717, 1.165) is 27.8 Å². The molecule has 0 aliphatic rings. The van der Waals surface area contributed by atoms with Gasteiger partial charge >= 0.3 is 0 Å². The molecule has 0 aliphatic heterocycles. The first-order valence-electron chi connectivity index (χ1n) is 5.69. The number of nitrogens with two attached hydrogens (primary N) is 1. The minimum absolute atomic E-state index is 0.651. The van der Waals surface area contributed by atoms with E-state index in [-0.39, 0.29) is 0 Å². The van der Waals surface area contributed by atoms with Crippen LogP contribution in [0.15, 0.2) is 41.7 Å². The van der Waals surface area contributed by atoms with E-state index >= 15 is 0 Å². The van der Waals surface area contributed by atoms with Gasteiger partial charge in [-0.15, -0.1) is 11.8 Å². The lowest BCUT2D eigenvalue weighted by atomic mass is 10.3. The Morgan fingerprint density at radius 2 is 2.22 bits per heavy atom. The SMILES string of the molecule is CCOc1ccc(N)c(SCc2cnccn2)c1. The molecule has 0 spiro atoms. The van der Waals surface area contributed by atoms with Crippen LogP contribution >= 0.6 is 11.8 Å². The van der Waals surface area contributed by atoms with E-state index < -0.39 is 0 Å². The molecule has 94 valence electrons. The summed E-state index contributed by atoms with van der Waals surface area (Å²) >= 11 is 1.63. The highest BCUT2D eigenvalue weighted by Gasteiger charge is 2.04. The molecule has 5 heteroatoms. The number of ether oxygens (including phenoxy) is 1. The highest BCUT2D eigenvalue weighted by Crippen LogP contribution is 2.30. The standard InChI is InChI=1S/C13H15N3OS/c1-2-17-11-3-4-12(14)13(7-11)18-9-10-8-15-5-6-16-10/h3-8H,2,9,14H2,1H3. The average molecular weight is 261 g/mol. The first-order valence-corrected chi connectivity index (χ1v) is 6.68. The number of hydrogen-bond donors (Lipinski definition) is 1. The predicted octanol–water partition coefficient (Wildman–Crippen LogP) is 2.75. The van der Waals surface area contributed by atoms with Crippen LogP contribution in [0.4, 0.5) is 5.69 Å². The second-order valence-electron chi connectivity index (χ2n) is 3.62. The fourth-order valence-electron chi connectivity index (χ4n) is 1.45. The summed E-state index contributed by atoms with van der Waals surface area (Å²) in [5.41, 5.74) is 7.63. The van der Waals surface area contributed by atoms with Gasteiger partial charge in [0.2, 0.25) is 0 Å². The summed E-state index contributed by atoms with van der Waals surface area (Å²) in [6.45, 7) is 2.61. The molecule has 4 nitrogen and oxygen atoms in total. The molecule has 0 fully saturated rings. The monoisotopic (exact) mass is 261 g/mol.